The van der Waals surface area contributed by atoms with Gasteiger partial charge < -0.3 is 5.73 Å². The summed E-state index contributed by atoms with van der Waals surface area (Å²) in [5, 5.41) is 0. The van der Waals surface area contributed by atoms with Gasteiger partial charge in [-0.1, -0.05) is 6.08 Å². The number of amides is 1. The molecule has 0 saturated carbocycles. The van der Waals surface area contributed by atoms with Gasteiger partial charge in [0.05, 0.1) is 5.41 Å². The molecule has 0 aliphatic heterocycles. The molecule has 72 valence electrons. The van der Waals surface area contributed by atoms with Crippen molar-refractivity contribution in [1.82, 2.24) is 0 Å². The van der Waals surface area contributed by atoms with Crippen LogP contribution >= 0.6 is 0 Å². The number of carbonyl (C=O) groups excluding carboxylic acids is 2. The van der Waals surface area contributed by atoms with Gasteiger partial charge in [-0.05, 0) is 27.7 Å². The van der Waals surface area contributed by atoms with Gasteiger partial charge in [-0.3, -0.25) is 9.59 Å². The zero-order valence-corrected chi connectivity index (χ0v) is 8.47. The summed E-state index contributed by atoms with van der Waals surface area (Å²) in [4.78, 5) is 22.9. The van der Waals surface area contributed by atoms with Crippen LogP contribution in [0.2, 0.25) is 0 Å². The van der Waals surface area contributed by atoms with Gasteiger partial charge in [0.25, 0.3) is 0 Å². The highest BCUT2D eigenvalue weighted by molar-refractivity contribution is 6.08. The predicted molar refractivity (Wildman–Crippen MR) is 49.8 cm³/mol. The lowest BCUT2D eigenvalue weighted by Crippen LogP contribution is -2.33. The quantitative estimate of drug-likeness (QED) is 0.656. The summed E-state index contributed by atoms with van der Waals surface area (Å²) in [7, 11) is 0. The normalized spacial score (nSPS) is 24.3. The van der Waals surface area contributed by atoms with Gasteiger partial charge in [-0.25, -0.2) is 0 Å². The number of rotatable bonds is 1. The van der Waals surface area contributed by atoms with Crippen molar-refractivity contribution in [2.24, 2.45) is 16.6 Å². The first-order valence-corrected chi connectivity index (χ1v) is 4.27. The monoisotopic (exact) mass is 181 g/mol. The van der Waals surface area contributed by atoms with Crippen LogP contribution in [0.25, 0.3) is 0 Å². The van der Waals surface area contributed by atoms with Crippen LogP contribution in [0.15, 0.2) is 11.6 Å². The molecule has 13 heavy (non-hydrogen) atoms. The lowest BCUT2D eigenvalue weighted by atomic mass is 9.79. The summed E-state index contributed by atoms with van der Waals surface area (Å²) < 4.78 is 0. The molecule has 1 rings (SSSR count). The average Bonchev–Trinajstić information content (AvgIpc) is 2.11. The number of Topliss-reactive ketones (excluding diaryl/α,β-unsaturated/α-hetero) is 1. The Bertz CT molecular complexity index is 311. The van der Waals surface area contributed by atoms with Crippen LogP contribution in [0.1, 0.15) is 27.7 Å². The van der Waals surface area contributed by atoms with Crippen LogP contribution in [0.5, 0.6) is 0 Å². The third-order valence-corrected chi connectivity index (χ3v) is 2.60. The highest BCUT2D eigenvalue weighted by Crippen LogP contribution is 2.44. The van der Waals surface area contributed by atoms with E-state index in [1.54, 1.807) is 33.8 Å². The molecule has 0 aromatic heterocycles. The molecule has 0 fully saturated rings. The molecule has 0 bridgehead atoms. The summed E-state index contributed by atoms with van der Waals surface area (Å²) in [5.74, 6) is -0.447. The van der Waals surface area contributed by atoms with Crippen LogP contribution in [0, 0.1) is 10.8 Å². The molecule has 0 aromatic carbocycles. The molecule has 0 saturated heterocycles. The molecule has 0 atom stereocenters. The Morgan fingerprint density at radius 2 is 1.77 bits per heavy atom. The molecule has 1 aliphatic carbocycles. The van der Waals surface area contributed by atoms with Crippen molar-refractivity contribution >= 4 is 11.7 Å². The van der Waals surface area contributed by atoms with E-state index in [2.05, 4.69) is 0 Å². The van der Waals surface area contributed by atoms with E-state index in [1.165, 1.54) is 0 Å². The zero-order chi connectivity index (χ0) is 10.4. The maximum absolute atomic E-state index is 11.8. The lowest BCUT2D eigenvalue weighted by Gasteiger charge is -2.22. The molecular weight excluding hydrogens is 166 g/mol. The lowest BCUT2D eigenvalue weighted by molar-refractivity contribution is -0.131. The van der Waals surface area contributed by atoms with E-state index in [-0.39, 0.29) is 5.78 Å². The molecule has 2 N–H and O–H groups in total. The smallest absolute Gasteiger partial charge is 0.245 e. The van der Waals surface area contributed by atoms with E-state index in [0.29, 0.717) is 5.57 Å². The number of primary amides is 1. The van der Waals surface area contributed by atoms with Gasteiger partial charge in [-0.2, -0.15) is 0 Å². The zero-order valence-electron chi connectivity index (χ0n) is 8.47. The fourth-order valence-corrected chi connectivity index (χ4v) is 1.91. The summed E-state index contributed by atoms with van der Waals surface area (Å²) >= 11 is 0. The summed E-state index contributed by atoms with van der Waals surface area (Å²) in [6.45, 7) is 7.07. The first-order chi connectivity index (χ1) is 5.69. The molecule has 3 heteroatoms. The topological polar surface area (TPSA) is 60.2 Å². The summed E-state index contributed by atoms with van der Waals surface area (Å²) in [5.41, 5.74) is 4.34. The second-order valence-electron chi connectivity index (χ2n) is 4.60. The van der Waals surface area contributed by atoms with Crippen molar-refractivity contribution in [1.29, 1.82) is 0 Å². The summed E-state index contributed by atoms with van der Waals surface area (Å²) in [6.07, 6.45) is 1.68. The second-order valence-corrected chi connectivity index (χ2v) is 4.60. The Balaban J connectivity index is 3.25. The van der Waals surface area contributed by atoms with Crippen molar-refractivity contribution in [2.75, 3.05) is 0 Å². The highest BCUT2D eigenvalue weighted by atomic mass is 16.1. The predicted octanol–water partition coefficient (Wildman–Crippen LogP) is 1.03. The highest BCUT2D eigenvalue weighted by Gasteiger charge is 2.48. The Labute approximate surface area is 78.0 Å². The molecule has 0 radical (unpaired) electrons. The van der Waals surface area contributed by atoms with Gasteiger partial charge in [0.1, 0.15) is 0 Å². The van der Waals surface area contributed by atoms with Crippen molar-refractivity contribution in [3.63, 3.8) is 0 Å². The third-order valence-electron chi connectivity index (χ3n) is 2.60. The maximum Gasteiger partial charge on any atom is 0.245 e. The molecular formula is C10H15NO2. The van der Waals surface area contributed by atoms with Crippen molar-refractivity contribution in [3.05, 3.63) is 11.6 Å². The molecule has 0 aromatic rings. The van der Waals surface area contributed by atoms with Crippen molar-refractivity contribution < 1.29 is 9.59 Å². The fraction of sp³-hybridized carbons (Fsp3) is 0.600. The van der Waals surface area contributed by atoms with Crippen molar-refractivity contribution in [2.45, 2.75) is 27.7 Å². The summed E-state index contributed by atoms with van der Waals surface area (Å²) in [6, 6.07) is 0. The Kier molecular flexibility index (Phi) is 1.87. The largest absolute Gasteiger partial charge is 0.366 e. The Morgan fingerprint density at radius 1 is 1.31 bits per heavy atom. The first kappa shape index (κ1) is 9.96. The van der Waals surface area contributed by atoms with E-state index in [0.717, 1.165) is 0 Å². The third kappa shape index (κ3) is 1.28. The van der Waals surface area contributed by atoms with E-state index in [4.69, 9.17) is 5.73 Å². The minimum absolute atomic E-state index is 0.0498. The maximum atomic E-state index is 11.8. The van der Waals surface area contributed by atoms with E-state index in [1.807, 2.05) is 0 Å². The van der Waals surface area contributed by atoms with Crippen LogP contribution < -0.4 is 5.73 Å². The van der Waals surface area contributed by atoms with Gasteiger partial charge in [0.2, 0.25) is 5.91 Å². The molecule has 1 aliphatic rings. The Morgan fingerprint density at radius 3 is 1.92 bits per heavy atom. The van der Waals surface area contributed by atoms with Crippen LogP contribution in [-0.2, 0) is 9.59 Å². The minimum Gasteiger partial charge on any atom is -0.366 e. The fourth-order valence-electron chi connectivity index (χ4n) is 1.91. The molecule has 0 spiro atoms. The molecule has 0 unspecified atom stereocenters. The minimum atomic E-state index is -0.727. The second kappa shape index (κ2) is 2.44. The number of hydrogen-bond acceptors (Lipinski definition) is 2. The molecule has 3 nitrogen and oxygen atoms in total. The standard InChI is InChI=1S/C10H15NO2/c1-9(2)5-6(7(11)12)10(3,4)8(9)13/h5H,1-4H3,(H2,11,12). The number of nitrogens with two attached hydrogens (primary N) is 1. The van der Waals surface area contributed by atoms with Gasteiger partial charge >= 0.3 is 0 Å². The van der Waals surface area contributed by atoms with Gasteiger partial charge in [0.15, 0.2) is 5.78 Å². The SMILES string of the molecule is CC1(C)C=C(C(N)=O)C(C)(C)C1=O. The number of allylic oxidation sites excluding steroid dienone is 1. The van der Waals surface area contributed by atoms with Gasteiger partial charge in [-0.15, -0.1) is 0 Å². The molecule has 1 amide bonds. The van der Waals surface area contributed by atoms with Crippen LogP contribution in [-0.4, -0.2) is 11.7 Å². The average molecular weight is 181 g/mol. The number of carbonyl (C=O) groups is 2. The molecule has 0 heterocycles. The van der Waals surface area contributed by atoms with Crippen molar-refractivity contribution in [3.8, 4) is 0 Å². The van der Waals surface area contributed by atoms with Crippen LogP contribution in [0.3, 0.4) is 0 Å². The first-order valence-electron chi connectivity index (χ1n) is 4.27. The number of hydrogen-bond donors (Lipinski definition) is 1. The Hall–Kier alpha value is -1.12. The van der Waals surface area contributed by atoms with E-state index < -0.39 is 16.7 Å². The van der Waals surface area contributed by atoms with E-state index in [9.17, 15) is 9.59 Å². The van der Waals surface area contributed by atoms with E-state index >= 15 is 0 Å². The number of ketones is 1. The van der Waals surface area contributed by atoms with Gasteiger partial charge in [0, 0.05) is 11.0 Å². The van der Waals surface area contributed by atoms with Crippen LogP contribution in [0.4, 0.5) is 0 Å².